The summed E-state index contributed by atoms with van der Waals surface area (Å²) < 4.78 is 7.88. The third-order valence-corrected chi connectivity index (χ3v) is 5.15. The molecule has 0 aliphatic heterocycles. The summed E-state index contributed by atoms with van der Waals surface area (Å²) >= 11 is 3.44. The number of carbonyl (C=O) groups is 1. The Hall–Kier alpha value is -3.25. The number of aromatic nitrogens is 2. The maximum absolute atomic E-state index is 13.0. The van der Waals surface area contributed by atoms with Gasteiger partial charge in [0.2, 0.25) is 5.43 Å². The molecule has 0 bridgehead atoms. The van der Waals surface area contributed by atoms with Gasteiger partial charge in [0.05, 0.1) is 12.1 Å². The monoisotopic (exact) mass is 448 g/mol. The number of ether oxygens (including phenoxy) is 1. The summed E-state index contributed by atoms with van der Waals surface area (Å²) in [6.45, 7) is 1.92. The molecule has 0 unspecified atom stereocenters. The van der Waals surface area contributed by atoms with Crippen molar-refractivity contribution in [2.24, 2.45) is 0 Å². The summed E-state index contributed by atoms with van der Waals surface area (Å²) in [6.07, 6.45) is 5.01. The van der Waals surface area contributed by atoms with Gasteiger partial charge in [-0.25, -0.2) is 4.79 Å². The number of hydrogen-bond donors (Lipinski definition) is 0. The van der Waals surface area contributed by atoms with Gasteiger partial charge in [-0.15, -0.1) is 0 Å². The van der Waals surface area contributed by atoms with E-state index < -0.39 is 5.97 Å². The first-order chi connectivity index (χ1) is 14.1. The number of rotatable bonds is 4. The average molecular weight is 449 g/mol. The van der Waals surface area contributed by atoms with Crippen molar-refractivity contribution in [2.75, 3.05) is 6.61 Å². The van der Waals surface area contributed by atoms with Crippen molar-refractivity contribution in [1.82, 2.24) is 9.55 Å². The molecule has 0 atom stereocenters. The molecule has 0 amide bonds. The van der Waals surface area contributed by atoms with Gasteiger partial charge in [0, 0.05) is 34.1 Å². The van der Waals surface area contributed by atoms with Crippen molar-refractivity contribution >= 4 is 32.8 Å². The van der Waals surface area contributed by atoms with Crippen molar-refractivity contribution in [3.8, 4) is 16.8 Å². The lowest BCUT2D eigenvalue weighted by Gasteiger charge is -2.15. The molecule has 2 heterocycles. The highest BCUT2D eigenvalue weighted by Gasteiger charge is 2.17. The predicted octanol–water partition coefficient (Wildman–Crippen LogP) is 4.99. The molecule has 29 heavy (non-hydrogen) atoms. The smallest absolute Gasteiger partial charge is 0.343 e. The average Bonchev–Trinajstić information content (AvgIpc) is 2.75. The normalized spacial score (nSPS) is 10.8. The Labute approximate surface area is 175 Å². The minimum atomic E-state index is -0.622. The van der Waals surface area contributed by atoms with Crippen LogP contribution in [0.5, 0.6) is 0 Å². The highest BCUT2D eigenvalue weighted by Crippen LogP contribution is 2.26. The van der Waals surface area contributed by atoms with E-state index in [-0.39, 0.29) is 17.6 Å². The van der Waals surface area contributed by atoms with Crippen LogP contribution in [0.15, 0.2) is 82.5 Å². The molecule has 0 radical (unpaired) electrons. The molecule has 6 heteroatoms. The number of fused-ring (bicyclic) bond motifs is 1. The molecule has 2 aromatic heterocycles. The number of nitrogens with zero attached hydrogens (tertiary/aromatic N) is 2. The van der Waals surface area contributed by atoms with Gasteiger partial charge in [-0.3, -0.25) is 9.78 Å². The minimum Gasteiger partial charge on any atom is -0.462 e. The number of carbonyl (C=O) groups excluding carboxylic acids is 1. The number of benzene rings is 2. The van der Waals surface area contributed by atoms with Gasteiger partial charge < -0.3 is 9.30 Å². The second-order valence-corrected chi connectivity index (χ2v) is 7.32. The molecule has 0 saturated carbocycles. The van der Waals surface area contributed by atoms with Crippen LogP contribution < -0.4 is 5.43 Å². The van der Waals surface area contributed by atoms with Crippen LogP contribution in [0, 0.1) is 0 Å². The van der Waals surface area contributed by atoms with E-state index >= 15 is 0 Å². The summed E-state index contributed by atoms with van der Waals surface area (Å²) in [6, 6.07) is 17.1. The van der Waals surface area contributed by atoms with Crippen LogP contribution >= 0.6 is 15.9 Å². The third kappa shape index (κ3) is 3.71. The Morgan fingerprint density at radius 2 is 1.76 bits per heavy atom. The van der Waals surface area contributed by atoms with E-state index in [9.17, 15) is 9.59 Å². The van der Waals surface area contributed by atoms with Gasteiger partial charge in [-0.2, -0.15) is 0 Å². The van der Waals surface area contributed by atoms with Gasteiger partial charge in [-0.05, 0) is 66.6 Å². The molecule has 4 rings (SSSR count). The fraction of sp³-hybridized carbons (Fsp3) is 0.0870. The van der Waals surface area contributed by atoms with Gasteiger partial charge in [0.25, 0.3) is 0 Å². The SMILES string of the molecule is CCOC(=O)c1cn(-c2ccc(Br)cc2)c2cc(-c3ccncc3)ccc2c1=O. The first-order valence-corrected chi connectivity index (χ1v) is 9.90. The molecular formula is C23H17BrN2O3. The maximum Gasteiger partial charge on any atom is 0.343 e. The Kier molecular flexibility index (Phi) is 5.27. The Balaban J connectivity index is 2.02. The summed E-state index contributed by atoms with van der Waals surface area (Å²) in [4.78, 5) is 29.4. The molecule has 0 fully saturated rings. The minimum absolute atomic E-state index is 0.0129. The van der Waals surface area contributed by atoms with Gasteiger partial charge in [0.15, 0.2) is 0 Å². The van der Waals surface area contributed by atoms with Gasteiger partial charge in [0.1, 0.15) is 5.56 Å². The predicted molar refractivity (Wildman–Crippen MR) is 116 cm³/mol. The molecule has 4 aromatic rings. The van der Waals surface area contributed by atoms with Crippen molar-refractivity contribution < 1.29 is 9.53 Å². The fourth-order valence-corrected chi connectivity index (χ4v) is 3.48. The van der Waals surface area contributed by atoms with E-state index in [2.05, 4.69) is 20.9 Å². The number of pyridine rings is 2. The lowest BCUT2D eigenvalue weighted by molar-refractivity contribution is 0.0524. The molecule has 144 valence electrons. The standard InChI is InChI=1S/C23H17BrN2O3/c1-2-29-23(28)20-14-26(18-6-4-17(24)5-7-18)21-13-16(3-8-19(21)22(20)27)15-9-11-25-12-10-15/h3-14H,2H2,1H3. The van der Waals surface area contributed by atoms with Crippen LogP contribution in [0.25, 0.3) is 27.7 Å². The first kappa shape index (κ1) is 19.1. The van der Waals surface area contributed by atoms with Crippen LogP contribution in [-0.2, 0) is 4.74 Å². The number of esters is 1. The first-order valence-electron chi connectivity index (χ1n) is 9.11. The van der Waals surface area contributed by atoms with E-state index in [4.69, 9.17) is 4.74 Å². The lowest BCUT2D eigenvalue weighted by Crippen LogP contribution is -2.20. The summed E-state index contributed by atoms with van der Waals surface area (Å²) in [5, 5.41) is 0.455. The van der Waals surface area contributed by atoms with Crippen LogP contribution in [0.2, 0.25) is 0 Å². The van der Waals surface area contributed by atoms with E-state index in [1.54, 1.807) is 31.6 Å². The highest BCUT2D eigenvalue weighted by molar-refractivity contribution is 9.10. The Morgan fingerprint density at radius 1 is 1.03 bits per heavy atom. The fourth-order valence-electron chi connectivity index (χ4n) is 3.22. The second kappa shape index (κ2) is 8.01. The van der Waals surface area contributed by atoms with E-state index in [1.165, 1.54) is 0 Å². The Morgan fingerprint density at radius 3 is 2.45 bits per heavy atom. The zero-order chi connectivity index (χ0) is 20.4. The third-order valence-electron chi connectivity index (χ3n) is 4.62. The van der Waals surface area contributed by atoms with Crippen molar-refractivity contribution in [3.05, 3.63) is 93.4 Å². The van der Waals surface area contributed by atoms with Crippen molar-refractivity contribution in [3.63, 3.8) is 0 Å². The summed E-state index contributed by atoms with van der Waals surface area (Å²) in [7, 11) is 0. The Bertz CT molecular complexity index is 1250. The zero-order valence-corrected chi connectivity index (χ0v) is 17.2. The van der Waals surface area contributed by atoms with Gasteiger partial charge >= 0.3 is 5.97 Å². The van der Waals surface area contributed by atoms with Crippen molar-refractivity contribution in [2.45, 2.75) is 6.92 Å². The molecule has 0 N–H and O–H groups in total. The molecule has 0 saturated heterocycles. The van der Waals surface area contributed by atoms with Gasteiger partial charge in [-0.1, -0.05) is 22.0 Å². The van der Waals surface area contributed by atoms with Crippen molar-refractivity contribution in [1.29, 1.82) is 0 Å². The van der Waals surface area contributed by atoms with E-state index in [1.807, 2.05) is 53.1 Å². The largest absolute Gasteiger partial charge is 0.462 e. The number of hydrogen-bond acceptors (Lipinski definition) is 4. The highest BCUT2D eigenvalue weighted by atomic mass is 79.9. The topological polar surface area (TPSA) is 61.2 Å². The zero-order valence-electron chi connectivity index (χ0n) is 15.6. The van der Waals surface area contributed by atoms with Crippen LogP contribution in [0.3, 0.4) is 0 Å². The second-order valence-electron chi connectivity index (χ2n) is 6.41. The van der Waals surface area contributed by atoms with Crippen LogP contribution in [-0.4, -0.2) is 22.1 Å². The molecule has 0 aliphatic rings. The number of halogens is 1. The molecule has 0 spiro atoms. The van der Waals surface area contributed by atoms with E-state index in [0.717, 1.165) is 21.3 Å². The van der Waals surface area contributed by atoms with Crippen LogP contribution in [0.4, 0.5) is 0 Å². The molecule has 2 aromatic carbocycles. The quantitative estimate of drug-likeness (QED) is 0.412. The lowest BCUT2D eigenvalue weighted by atomic mass is 10.0. The molecule has 5 nitrogen and oxygen atoms in total. The van der Waals surface area contributed by atoms with Crippen LogP contribution in [0.1, 0.15) is 17.3 Å². The maximum atomic E-state index is 13.0. The van der Waals surface area contributed by atoms with E-state index in [0.29, 0.717) is 10.9 Å². The summed E-state index contributed by atoms with van der Waals surface area (Å²) in [5.74, 6) is -0.622. The summed E-state index contributed by atoms with van der Waals surface area (Å²) in [5.41, 5.74) is 3.16. The molecule has 0 aliphatic carbocycles. The molecular weight excluding hydrogens is 432 g/mol.